The lowest BCUT2D eigenvalue weighted by Gasteiger charge is -2.33. The van der Waals surface area contributed by atoms with Crippen molar-refractivity contribution in [1.29, 1.82) is 0 Å². The van der Waals surface area contributed by atoms with Crippen LogP contribution >= 0.6 is 0 Å². The molecule has 0 aromatic rings. The van der Waals surface area contributed by atoms with E-state index in [1.807, 2.05) is 0 Å². The van der Waals surface area contributed by atoms with E-state index < -0.39 is 0 Å². The molecule has 0 radical (unpaired) electrons. The van der Waals surface area contributed by atoms with Crippen molar-refractivity contribution in [3.05, 3.63) is 0 Å². The molecule has 0 saturated heterocycles. The Balaban J connectivity index is 2.33. The Labute approximate surface area is 83.3 Å². The predicted octanol–water partition coefficient (Wildman–Crippen LogP) is 3.20. The van der Waals surface area contributed by atoms with Gasteiger partial charge in [-0.15, -0.1) is 0 Å². The summed E-state index contributed by atoms with van der Waals surface area (Å²) in [6, 6.07) is 1.44. The van der Waals surface area contributed by atoms with Gasteiger partial charge in [-0.2, -0.15) is 0 Å². The van der Waals surface area contributed by atoms with Crippen molar-refractivity contribution in [2.45, 2.75) is 65.5 Å². The number of rotatable bonds is 3. The average Bonchev–Trinajstić information content (AvgIpc) is 2.03. The Morgan fingerprint density at radius 3 is 2.31 bits per heavy atom. The summed E-state index contributed by atoms with van der Waals surface area (Å²) in [4.78, 5) is 0. The van der Waals surface area contributed by atoms with Crippen LogP contribution in [0.1, 0.15) is 53.4 Å². The van der Waals surface area contributed by atoms with Crippen molar-refractivity contribution >= 4 is 0 Å². The molecule has 0 unspecified atom stereocenters. The third-order valence-corrected chi connectivity index (χ3v) is 3.23. The van der Waals surface area contributed by atoms with Gasteiger partial charge in [-0.25, -0.2) is 0 Å². The summed E-state index contributed by atoms with van der Waals surface area (Å²) in [6.07, 6.45) is 5.67. The van der Waals surface area contributed by atoms with Crippen molar-refractivity contribution in [3.63, 3.8) is 0 Å². The zero-order valence-corrected chi connectivity index (χ0v) is 9.64. The van der Waals surface area contributed by atoms with Crippen molar-refractivity contribution in [3.8, 4) is 0 Å². The van der Waals surface area contributed by atoms with Crippen LogP contribution < -0.4 is 5.32 Å². The van der Waals surface area contributed by atoms with Crippen LogP contribution in [0.2, 0.25) is 0 Å². The molecular weight excluding hydrogens is 158 g/mol. The minimum absolute atomic E-state index is 0.649. The highest BCUT2D eigenvalue weighted by atomic mass is 14.9. The van der Waals surface area contributed by atoms with Gasteiger partial charge in [0.25, 0.3) is 0 Å². The van der Waals surface area contributed by atoms with Gasteiger partial charge in [0.05, 0.1) is 0 Å². The monoisotopic (exact) mass is 183 g/mol. The number of nitrogens with one attached hydrogen (secondary N) is 1. The van der Waals surface area contributed by atoms with Crippen LogP contribution in [0.15, 0.2) is 0 Å². The summed E-state index contributed by atoms with van der Waals surface area (Å²) in [5.41, 5.74) is 0. The van der Waals surface area contributed by atoms with Crippen molar-refractivity contribution in [1.82, 2.24) is 5.32 Å². The van der Waals surface area contributed by atoms with Gasteiger partial charge in [0, 0.05) is 12.1 Å². The molecule has 1 fully saturated rings. The zero-order chi connectivity index (χ0) is 9.84. The Morgan fingerprint density at radius 2 is 1.77 bits per heavy atom. The highest BCUT2D eigenvalue weighted by molar-refractivity contribution is 4.80. The van der Waals surface area contributed by atoms with Crippen LogP contribution in [0.25, 0.3) is 0 Å². The lowest BCUT2D eigenvalue weighted by molar-refractivity contribution is 0.224. The fourth-order valence-corrected chi connectivity index (χ4v) is 2.46. The SMILES string of the molecule is CC(C)N[C@H]1CCC[C@H](C(C)C)C1. The van der Waals surface area contributed by atoms with Gasteiger partial charge in [-0.3, -0.25) is 0 Å². The lowest BCUT2D eigenvalue weighted by Crippen LogP contribution is -2.39. The quantitative estimate of drug-likeness (QED) is 0.708. The first-order valence-corrected chi connectivity index (χ1v) is 5.85. The summed E-state index contributed by atoms with van der Waals surface area (Å²) >= 11 is 0. The molecule has 0 aromatic carbocycles. The highest BCUT2D eigenvalue weighted by Gasteiger charge is 2.23. The molecule has 2 atom stereocenters. The molecule has 0 aliphatic heterocycles. The largest absolute Gasteiger partial charge is 0.312 e. The van der Waals surface area contributed by atoms with E-state index in [4.69, 9.17) is 0 Å². The van der Waals surface area contributed by atoms with Gasteiger partial charge in [-0.1, -0.05) is 40.5 Å². The lowest BCUT2D eigenvalue weighted by atomic mass is 9.79. The van der Waals surface area contributed by atoms with Crippen LogP contribution in [-0.4, -0.2) is 12.1 Å². The van der Waals surface area contributed by atoms with E-state index >= 15 is 0 Å². The van der Waals surface area contributed by atoms with Crippen LogP contribution in [0, 0.1) is 11.8 Å². The van der Waals surface area contributed by atoms with Crippen LogP contribution in [0.5, 0.6) is 0 Å². The zero-order valence-electron chi connectivity index (χ0n) is 9.64. The Hall–Kier alpha value is -0.0400. The third kappa shape index (κ3) is 3.68. The first-order valence-electron chi connectivity index (χ1n) is 5.85. The summed E-state index contributed by atoms with van der Waals surface area (Å²) in [5.74, 6) is 1.83. The molecule has 0 spiro atoms. The topological polar surface area (TPSA) is 12.0 Å². The van der Waals surface area contributed by atoms with E-state index in [-0.39, 0.29) is 0 Å². The summed E-state index contributed by atoms with van der Waals surface area (Å²) in [6.45, 7) is 9.23. The number of hydrogen-bond donors (Lipinski definition) is 1. The van der Waals surface area contributed by atoms with E-state index in [0.717, 1.165) is 17.9 Å². The first-order chi connectivity index (χ1) is 6.09. The molecule has 1 nitrogen and oxygen atoms in total. The summed E-state index contributed by atoms with van der Waals surface area (Å²) in [7, 11) is 0. The summed E-state index contributed by atoms with van der Waals surface area (Å²) in [5, 5.41) is 3.67. The fourth-order valence-electron chi connectivity index (χ4n) is 2.46. The van der Waals surface area contributed by atoms with Crippen LogP contribution in [0.4, 0.5) is 0 Å². The normalized spacial score (nSPS) is 30.0. The standard InChI is InChI=1S/C12H25N/c1-9(2)11-6-5-7-12(8-11)13-10(3)4/h9-13H,5-8H2,1-4H3/t11-,12-/m0/s1. The molecule has 1 saturated carbocycles. The molecule has 0 heterocycles. The van der Waals surface area contributed by atoms with E-state index in [0.29, 0.717) is 6.04 Å². The Bertz CT molecular complexity index is 140. The van der Waals surface area contributed by atoms with Crippen molar-refractivity contribution in [2.24, 2.45) is 11.8 Å². The second-order valence-electron chi connectivity index (χ2n) is 5.19. The molecule has 0 bridgehead atoms. The Morgan fingerprint density at radius 1 is 1.08 bits per heavy atom. The molecule has 1 heteroatoms. The van der Waals surface area contributed by atoms with E-state index in [2.05, 4.69) is 33.0 Å². The van der Waals surface area contributed by atoms with E-state index in [1.165, 1.54) is 25.7 Å². The van der Waals surface area contributed by atoms with Crippen LogP contribution in [-0.2, 0) is 0 Å². The molecule has 13 heavy (non-hydrogen) atoms. The summed E-state index contributed by atoms with van der Waals surface area (Å²) < 4.78 is 0. The fraction of sp³-hybridized carbons (Fsp3) is 1.00. The van der Waals surface area contributed by atoms with Gasteiger partial charge in [0.1, 0.15) is 0 Å². The van der Waals surface area contributed by atoms with Gasteiger partial charge < -0.3 is 5.32 Å². The third-order valence-electron chi connectivity index (χ3n) is 3.23. The second kappa shape index (κ2) is 4.99. The van der Waals surface area contributed by atoms with Crippen LogP contribution in [0.3, 0.4) is 0 Å². The second-order valence-corrected chi connectivity index (χ2v) is 5.19. The predicted molar refractivity (Wildman–Crippen MR) is 58.9 cm³/mol. The Kier molecular flexibility index (Phi) is 4.24. The molecule has 0 aromatic heterocycles. The van der Waals surface area contributed by atoms with Crippen molar-refractivity contribution in [2.75, 3.05) is 0 Å². The van der Waals surface area contributed by atoms with Gasteiger partial charge in [-0.05, 0) is 24.7 Å². The first kappa shape index (κ1) is 11.0. The van der Waals surface area contributed by atoms with Gasteiger partial charge >= 0.3 is 0 Å². The molecule has 1 aliphatic rings. The average molecular weight is 183 g/mol. The van der Waals surface area contributed by atoms with Gasteiger partial charge in [0.2, 0.25) is 0 Å². The van der Waals surface area contributed by atoms with Gasteiger partial charge in [0.15, 0.2) is 0 Å². The molecule has 1 rings (SSSR count). The molecule has 1 N–H and O–H groups in total. The maximum Gasteiger partial charge on any atom is 0.00721 e. The smallest absolute Gasteiger partial charge is 0.00721 e. The molecule has 1 aliphatic carbocycles. The maximum atomic E-state index is 3.67. The maximum absolute atomic E-state index is 3.67. The molecule has 0 amide bonds. The van der Waals surface area contributed by atoms with E-state index in [1.54, 1.807) is 0 Å². The molecular formula is C12H25N. The van der Waals surface area contributed by atoms with E-state index in [9.17, 15) is 0 Å². The van der Waals surface area contributed by atoms with Crippen molar-refractivity contribution < 1.29 is 0 Å². The minimum atomic E-state index is 0.649. The minimum Gasteiger partial charge on any atom is -0.312 e. The highest BCUT2D eigenvalue weighted by Crippen LogP contribution is 2.29. The number of hydrogen-bond acceptors (Lipinski definition) is 1. The molecule has 78 valence electrons.